The Morgan fingerprint density at radius 2 is 2.20 bits per heavy atom. The molecule has 0 aliphatic rings. The van der Waals surface area contributed by atoms with E-state index >= 15 is 0 Å². The van der Waals surface area contributed by atoms with E-state index in [0.717, 1.165) is 5.56 Å². The fourth-order valence-corrected chi connectivity index (χ4v) is 2.38. The second kappa shape index (κ2) is 6.79. The Morgan fingerprint density at radius 3 is 2.85 bits per heavy atom. The van der Waals surface area contributed by atoms with Crippen LogP contribution >= 0.6 is 11.6 Å². The summed E-state index contributed by atoms with van der Waals surface area (Å²) in [5.74, 6) is -0.289. The highest BCUT2D eigenvalue weighted by molar-refractivity contribution is 6.30. The quantitative estimate of drug-likeness (QED) is 0.921. The third-order valence-corrected chi connectivity index (χ3v) is 3.46. The average Bonchev–Trinajstić information content (AvgIpc) is 2.44. The first kappa shape index (κ1) is 14.9. The standard InChI is InChI=1S/C15H17ClFN3/c1-20(10-11-3-2-6-19-9-11)15(8-18)13-7-12(16)4-5-14(13)17/h2-7,9,15H,8,10,18H2,1H3. The molecule has 1 aromatic carbocycles. The summed E-state index contributed by atoms with van der Waals surface area (Å²) in [6.45, 7) is 0.954. The van der Waals surface area contributed by atoms with Crippen molar-refractivity contribution in [3.63, 3.8) is 0 Å². The van der Waals surface area contributed by atoms with Gasteiger partial charge in [0.25, 0.3) is 0 Å². The van der Waals surface area contributed by atoms with E-state index in [-0.39, 0.29) is 11.9 Å². The number of nitrogens with zero attached hydrogens (tertiary/aromatic N) is 2. The van der Waals surface area contributed by atoms with Gasteiger partial charge in [-0.25, -0.2) is 4.39 Å². The maximum absolute atomic E-state index is 14.0. The first-order valence-electron chi connectivity index (χ1n) is 6.36. The normalized spacial score (nSPS) is 12.7. The molecular weight excluding hydrogens is 277 g/mol. The van der Waals surface area contributed by atoms with Crippen molar-refractivity contribution in [1.82, 2.24) is 9.88 Å². The van der Waals surface area contributed by atoms with Crippen LogP contribution < -0.4 is 5.73 Å². The molecule has 0 spiro atoms. The maximum atomic E-state index is 14.0. The molecule has 106 valence electrons. The Hall–Kier alpha value is -1.49. The molecule has 1 heterocycles. The zero-order chi connectivity index (χ0) is 14.5. The molecule has 3 nitrogen and oxygen atoms in total. The molecule has 1 atom stereocenters. The van der Waals surface area contributed by atoms with Gasteiger partial charge in [-0.05, 0) is 36.9 Å². The Labute approximate surface area is 123 Å². The summed E-state index contributed by atoms with van der Waals surface area (Å²) in [6, 6.07) is 8.17. The number of halogens is 2. The van der Waals surface area contributed by atoms with Gasteiger partial charge in [-0.3, -0.25) is 9.88 Å². The zero-order valence-electron chi connectivity index (χ0n) is 11.3. The van der Waals surface area contributed by atoms with Crippen LogP contribution in [0.3, 0.4) is 0 Å². The van der Waals surface area contributed by atoms with Crippen molar-refractivity contribution in [3.05, 3.63) is 64.7 Å². The Morgan fingerprint density at radius 1 is 1.40 bits per heavy atom. The lowest BCUT2D eigenvalue weighted by molar-refractivity contribution is 0.236. The number of aromatic nitrogens is 1. The zero-order valence-corrected chi connectivity index (χ0v) is 12.0. The van der Waals surface area contributed by atoms with E-state index in [9.17, 15) is 4.39 Å². The van der Waals surface area contributed by atoms with Gasteiger partial charge in [-0.15, -0.1) is 0 Å². The molecule has 0 fully saturated rings. The van der Waals surface area contributed by atoms with Crippen molar-refractivity contribution in [2.75, 3.05) is 13.6 Å². The van der Waals surface area contributed by atoms with Crippen LogP contribution in [-0.4, -0.2) is 23.5 Å². The highest BCUT2D eigenvalue weighted by Crippen LogP contribution is 2.25. The summed E-state index contributed by atoms with van der Waals surface area (Å²) in [7, 11) is 1.91. The van der Waals surface area contributed by atoms with Gasteiger partial charge in [0.2, 0.25) is 0 Å². The monoisotopic (exact) mass is 293 g/mol. The van der Waals surface area contributed by atoms with Gasteiger partial charge in [0.05, 0.1) is 0 Å². The van der Waals surface area contributed by atoms with Crippen LogP contribution in [0.4, 0.5) is 4.39 Å². The molecule has 2 N–H and O–H groups in total. The molecule has 0 radical (unpaired) electrons. The van der Waals surface area contributed by atoms with Crippen LogP contribution in [0.2, 0.25) is 5.02 Å². The van der Waals surface area contributed by atoms with Gasteiger partial charge in [0, 0.05) is 42.1 Å². The lowest BCUT2D eigenvalue weighted by Crippen LogP contribution is -2.31. The van der Waals surface area contributed by atoms with Crippen molar-refractivity contribution in [3.8, 4) is 0 Å². The molecule has 0 aliphatic heterocycles. The van der Waals surface area contributed by atoms with E-state index in [0.29, 0.717) is 23.7 Å². The van der Waals surface area contributed by atoms with Crippen LogP contribution in [0, 0.1) is 5.82 Å². The number of hydrogen-bond donors (Lipinski definition) is 1. The summed E-state index contributed by atoms with van der Waals surface area (Å²) in [5, 5.41) is 0.509. The molecule has 0 aliphatic carbocycles. The third kappa shape index (κ3) is 3.54. The van der Waals surface area contributed by atoms with E-state index in [1.54, 1.807) is 18.5 Å². The fraction of sp³-hybridized carbons (Fsp3) is 0.267. The highest BCUT2D eigenvalue weighted by atomic mass is 35.5. The van der Waals surface area contributed by atoms with E-state index in [4.69, 9.17) is 17.3 Å². The van der Waals surface area contributed by atoms with E-state index in [1.807, 2.05) is 24.1 Å². The van der Waals surface area contributed by atoms with E-state index in [2.05, 4.69) is 4.98 Å². The summed E-state index contributed by atoms with van der Waals surface area (Å²) in [5.41, 5.74) is 7.38. The van der Waals surface area contributed by atoms with Gasteiger partial charge in [0.15, 0.2) is 0 Å². The molecule has 1 unspecified atom stereocenters. The minimum Gasteiger partial charge on any atom is -0.329 e. The predicted molar refractivity (Wildman–Crippen MR) is 78.9 cm³/mol. The van der Waals surface area contributed by atoms with Crippen molar-refractivity contribution in [2.24, 2.45) is 5.73 Å². The predicted octanol–water partition coefficient (Wildman–Crippen LogP) is 3.01. The number of likely N-dealkylation sites (N-methyl/N-ethyl adjacent to an activating group) is 1. The van der Waals surface area contributed by atoms with Crippen LogP contribution in [0.5, 0.6) is 0 Å². The summed E-state index contributed by atoms with van der Waals surface area (Å²) < 4.78 is 14.0. The lowest BCUT2D eigenvalue weighted by atomic mass is 10.0. The number of nitrogens with two attached hydrogens (primary N) is 1. The lowest BCUT2D eigenvalue weighted by Gasteiger charge is -2.27. The van der Waals surface area contributed by atoms with Gasteiger partial charge in [-0.2, -0.15) is 0 Å². The molecule has 20 heavy (non-hydrogen) atoms. The number of pyridine rings is 1. The van der Waals surface area contributed by atoms with Gasteiger partial charge in [-0.1, -0.05) is 17.7 Å². The second-order valence-corrected chi connectivity index (χ2v) is 5.13. The molecule has 5 heteroatoms. The van der Waals surface area contributed by atoms with Crippen molar-refractivity contribution in [2.45, 2.75) is 12.6 Å². The fourth-order valence-electron chi connectivity index (χ4n) is 2.20. The molecule has 0 amide bonds. The van der Waals surface area contributed by atoms with Gasteiger partial charge >= 0.3 is 0 Å². The highest BCUT2D eigenvalue weighted by Gasteiger charge is 2.19. The number of hydrogen-bond acceptors (Lipinski definition) is 3. The molecule has 0 saturated carbocycles. The summed E-state index contributed by atoms with van der Waals surface area (Å²) in [6.07, 6.45) is 3.51. The molecule has 2 rings (SSSR count). The Kier molecular flexibility index (Phi) is 5.06. The van der Waals surface area contributed by atoms with Crippen molar-refractivity contribution in [1.29, 1.82) is 0 Å². The van der Waals surface area contributed by atoms with Crippen molar-refractivity contribution < 1.29 is 4.39 Å². The molecule has 2 aromatic rings. The smallest absolute Gasteiger partial charge is 0.128 e. The topological polar surface area (TPSA) is 42.2 Å². The Bertz CT molecular complexity index is 562. The van der Waals surface area contributed by atoms with E-state index < -0.39 is 0 Å². The molecule has 0 bridgehead atoms. The van der Waals surface area contributed by atoms with E-state index in [1.165, 1.54) is 12.1 Å². The third-order valence-electron chi connectivity index (χ3n) is 3.23. The van der Waals surface area contributed by atoms with Crippen molar-refractivity contribution >= 4 is 11.6 Å². The summed E-state index contributed by atoms with van der Waals surface area (Å²) >= 11 is 5.95. The van der Waals surface area contributed by atoms with Crippen LogP contribution in [0.1, 0.15) is 17.2 Å². The second-order valence-electron chi connectivity index (χ2n) is 4.69. The van der Waals surface area contributed by atoms with Gasteiger partial charge < -0.3 is 5.73 Å². The first-order valence-corrected chi connectivity index (χ1v) is 6.73. The van der Waals surface area contributed by atoms with Crippen LogP contribution in [0.25, 0.3) is 0 Å². The van der Waals surface area contributed by atoms with Crippen LogP contribution in [0.15, 0.2) is 42.7 Å². The number of rotatable bonds is 5. The minimum atomic E-state index is -0.289. The maximum Gasteiger partial charge on any atom is 0.128 e. The van der Waals surface area contributed by atoms with Gasteiger partial charge in [0.1, 0.15) is 5.82 Å². The summed E-state index contributed by atoms with van der Waals surface area (Å²) in [4.78, 5) is 6.07. The largest absolute Gasteiger partial charge is 0.329 e. The minimum absolute atomic E-state index is 0.228. The number of benzene rings is 1. The van der Waals surface area contributed by atoms with Crippen LogP contribution in [-0.2, 0) is 6.54 Å². The molecule has 0 saturated heterocycles. The molecular formula is C15H17ClFN3. The average molecular weight is 294 g/mol. The SMILES string of the molecule is CN(Cc1cccnc1)C(CN)c1cc(Cl)ccc1F. The first-order chi connectivity index (χ1) is 9.61. The molecule has 1 aromatic heterocycles. The Balaban J connectivity index is 2.21.